The van der Waals surface area contributed by atoms with Crippen molar-refractivity contribution in [2.45, 2.75) is 58.0 Å². The number of aryl methyl sites for hydroxylation is 3. The molecule has 0 spiro atoms. The Kier molecular flexibility index (Phi) is 3.96. The van der Waals surface area contributed by atoms with Crippen LogP contribution in [0, 0.1) is 6.92 Å². The van der Waals surface area contributed by atoms with E-state index in [0.29, 0.717) is 5.92 Å². The molecule has 0 radical (unpaired) electrons. The summed E-state index contributed by atoms with van der Waals surface area (Å²) in [5.41, 5.74) is 3.07. The van der Waals surface area contributed by atoms with E-state index >= 15 is 0 Å². The lowest BCUT2D eigenvalue weighted by molar-refractivity contribution is 0.199. The van der Waals surface area contributed by atoms with Gasteiger partial charge in [-0.15, -0.1) is 10.2 Å². The zero-order chi connectivity index (χ0) is 17.5. The molecule has 0 saturated carbocycles. The van der Waals surface area contributed by atoms with Crippen molar-refractivity contribution in [2.24, 2.45) is 0 Å². The molecule has 7 nitrogen and oxygen atoms in total. The lowest BCUT2D eigenvalue weighted by Gasteiger charge is -2.30. The molecule has 1 fully saturated rings. The van der Waals surface area contributed by atoms with Crippen LogP contribution in [-0.4, -0.2) is 47.4 Å². The lowest BCUT2D eigenvalue weighted by atomic mass is 9.96. The molecular formula is C19H25N7. The summed E-state index contributed by atoms with van der Waals surface area (Å²) >= 11 is 0. The van der Waals surface area contributed by atoms with E-state index < -0.39 is 0 Å². The highest BCUT2D eigenvalue weighted by atomic mass is 15.4. The van der Waals surface area contributed by atoms with Crippen LogP contribution in [-0.2, 0) is 19.5 Å². The predicted molar refractivity (Wildman–Crippen MR) is 97.9 cm³/mol. The maximum Gasteiger partial charge on any atom is 0.177 e. The molecule has 2 aliphatic rings. The SMILES string of the molecule is Cc1ccc2nnc(C3CCN(Cc4cn5c(n4)CCCC5)CC3)n2n1. The average molecular weight is 351 g/mol. The van der Waals surface area contributed by atoms with Gasteiger partial charge in [0, 0.05) is 31.6 Å². The molecule has 0 amide bonds. The van der Waals surface area contributed by atoms with Gasteiger partial charge in [-0.25, -0.2) is 4.98 Å². The van der Waals surface area contributed by atoms with Crippen molar-refractivity contribution in [2.75, 3.05) is 13.1 Å². The number of nitrogens with zero attached hydrogens (tertiary/aromatic N) is 7. The summed E-state index contributed by atoms with van der Waals surface area (Å²) in [6, 6.07) is 3.98. The first-order valence-electron chi connectivity index (χ1n) is 9.72. The third kappa shape index (κ3) is 2.90. The summed E-state index contributed by atoms with van der Waals surface area (Å²) in [7, 11) is 0. The maximum absolute atomic E-state index is 4.85. The third-order valence-electron chi connectivity index (χ3n) is 5.72. The van der Waals surface area contributed by atoms with Crippen LogP contribution < -0.4 is 0 Å². The first-order chi connectivity index (χ1) is 12.8. The summed E-state index contributed by atoms with van der Waals surface area (Å²) < 4.78 is 4.28. The maximum atomic E-state index is 4.85. The Hall–Kier alpha value is -2.28. The first-order valence-corrected chi connectivity index (χ1v) is 9.72. The van der Waals surface area contributed by atoms with E-state index in [2.05, 4.69) is 31.0 Å². The highest BCUT2D eigenvalue weighted by Gasteiger charge is 2.25. The Labute approximate surface area is 153 Å². The number of piperidine rings is 1. The molecule has 5 rings (SSSR count). The molecule has 0 atom stereocenters. The van der Waals surface area contributed by atoms with Crippen LogP contribution in [0.3, 0.4) is 0 Å². The van der Waals surface area contributed by atoms with E-state index in [1.807, 2.05) is 23.6 Å². The number of hydrogen-bond acceptors (Lipinski definition) is 5. The van der Waals surface area contributed by atoms with Gasteiger partial charge in [0.2, 0.25) is 0 Å². The van der Waals surface area contributed by atoms with Gasteiger partial charge in [-0.2, -0.15) is 9.61 Å². The van der Waals surface area contributed by atoms with Crippen LogP contribution >= 0.6 is 0 Å². The molecular weight excluding hydrogens is 326 g/mol. The van der Waals surface area contributed by atoms with Crippen LogP contribution in [0.25, 0.3) is 5.65 Å². The molecule has 5 heterocycles. The van der Waals surface area contributed by atoms with Gasteiger partial charge in [0.15, 0.2) is 11.5 Å². The molecule has 2 aliphatic heterocycles. The fourth-order valence-electron chi connectivity index (χ4n) is 4.28. The molecule has 0 bridgehead atoms. The van der Waals surface area contributed by atoms with E-state index in [1.165, 1.54) is 24.4 Å². The van der Waals surface area contributed by atoms with E-state index in [9.17, 15) is 0 Å². The monoisotopic (exact) mass is 351 g/mol. The minimum absolute atomic E-state index is 0.436. The molecule has 1 saturated heterocycles. The fraction of sp³-hybridized carbons (Fsp3) is 0.579. The number of aromatic nitrogens is 6. The zero-order valence-corrected chi connectivity index (χ0v) is 15.3. The number of fused-ring (bicyclic) bond motifs is 2. The van der Waals surface area contributed by atoms with Crippen molar-refractivity contribution in [3.05, 3.63) is 41.4 Å². The van der Waals surface area contributed by atoms with Gasteiger partial charge in [-0.3, -0.25) is 4.90 Å². The number of imidazole rings is 1. The second-order valence-electron chi connectivity index (χ2n) is 7.65. The van der Waals surface area contributed by atoms with E-state index in [4.69, 9.17) is 4.98 Å². The number of likely N-dealkylation sites (tertiary alicyclic amines) is 1. The minimum atomic E-state index is 0.436. The summed E-state index contributed by atoms with van der Waals surface area (Å²) in [6.07, 6.45) is 8.16. The summed E-state index contributed by atoms with van der Waals surface area (Å²) in [6.45, 7) is 6.26. The minimum Gasteiger partial charge on any atom is -0.335 e. The molecule has 0 aromatic carbocycles. The Morgan fingerprint density at radius 1 is 1.08 bits per heavy atom. The molecule has 136 valence electrons. The number of rotatable bonds is 3. The quantitative estimate of drug-likeness (QED) is 0.725. The van der Waals surface area contributed by atoms with E-state index in [-0.39, 0.29) is 0 Å². The van der Waals surface area contributed by atoms with E-state index in [0.717, 1.165) is 62.6 Å². The standard InChI is InChI=1S/C19H25N7/c1-14-5-6-18-21-22-19(26(18)23-14)15-7-10-24(11-8-15)12-16-13-25-9-3-2-4-17(25)20-16/h5-6,13,15H,2-4,7-12H2,1H3. The zero-order valence-electron chi connectivity index (χ0n) is 15.3. The van der Waals surface area contributed by atoms with Crippen molar-refractivity contribution >= 4 is 5.65 Å². The molecule has 3 aromatic heterocycles. The number of hydrogen-bond donors (Lipinski definition) is 0. The first kappa shape index (κ1) is 15.9. The topological polar surface area (TPSA) is 64.1 Å². The Morgan fingerprint density at radius 2 is 1.96 bits per heavy atom. The smallest absolute Gasteiger partial charge is 0.177 e. The van der Waals surface area contributed by atoms with Gasteiger partial charge >= 0.3 is 0 Å². The van der Waals surface area contributed by atoms with Crippen LogP contribution in [0.15, 0.2) is 18.3 Å². The fourth-order valence-corrected chi connectivity index (χ4v) is 4.28. The summed E-state index contributed by atoms with van der Waals surface area (Å²) in [5.74, 6) is 2.73. The Balaban J connectivity index is 1.25. The van der Waals surface area contributed by atoms with Gasteiger partial charge in [-0.05, 0) is 57.8 Å². The highest BCUT2D eigenvalue weighted by Crippen LogP contribution is 2.27. The molecule has 26 heavy (non-hydrogen) atoms. The molecule has 0 unspecified atom stereocenters. The van der Waals surface area contributed by atoms with Crippen molar-refractivity contribution in [3.63, 3.8) is 0 Å². The Bertz CT molecular complexity index is 894. The predicted octanol–water partition coefficient (Wildman–Crippen LogP) is 2.35. The van der Waals surface area contributed by atoms with Gasteiger partial charge < -0.3 is 4.57 Å². The van der Waals surface area contributed by atoms with Crippen LogP contribution in [0.2, 0.25) is 0 Å². The van der Waals surface area contributed by atoms with E-state index in [1.54, 1.807) is 0 Å². The van der Waals surface area contributed by atoms with Crippen LogP contribution in [0.1, 0.15) is 54.6 Å². The average Bonchev–Trinajstić information content (AvgIpc) is 3.25. The van der Waals surface area contributed by atoms with Gasteiger partial charge in [0.25, 0.3) is 0 Å². The third-order valence-corrected chi connectivity index (χ3v) is 5.72. The van der Waals surface area contributed by atoms with Crippen molar-refractivity contribution in [1.29, 1.82) is 0 Å². The van der Waals surface area contributed by atoms with Crippen LogP contribution in [0.4, 0.5) is 0 Å². The van der Waals surface area contributed by atoms with Crippen molar-refractivity contribution in [3.8, 4) is 0 Å². The molecule has 0 aliphatic carbocycles. The second kappa shape index (κ2) is 6.46. The lowest BCUT2D eigenvalue weighted by Crippen LogP contribution is -2.33. The van der Waals surface area contributed by atoms with Crippen molar-refractivity contribution in [1.82, 2.24) is 34.3 Å². The summed E-state index contributed by atoms with van der Waals surface area (Å²) in [4.78, 5) is 7.37. The normalized spacial score (nSPS) is 19.1. The molecule has 3 aromatic rings. The highest BCUT2D eigenvalue weighted by molar-refractivity contribution is 5.36. The van der Waals surface area contributed by atoms with Crippen LogP contribution in [0.5, 0.6) is 0 Å². The van der Waals surface area contributed by atoms with Gasteiger partial charge in [0.1, 0.15) is 5.82 Å². The second-order valence-corrected chi connectivity index (χ2v) is 7.65. The Morgan fingerprint density at radius 3 is 2.81 bits per heavy atom. The van der Waals surface area contributed by atoms with Gasteiger partial charge in [0.05, 0.1) is 11.4 Å². The largest absolute Gasteiger partial charge is 0.335 e. The van der Waals surface area contributed by atoms with Crippen molar-refractivity contribution < 1.29 is 0 Å². The molecule has 0 N–H and O–H groups in total. The van der Waals surface area contributed by atoms with Gasteiger partial charge in [-0.1, -0.05) is 0 Å². The molecule has 7 heteroatoms. The summed E-state index contributed by atoms with van der Waals surface area (Å²) in [5, 5.41) is 13.3.